The van der Waals surface area contributed by atoms with E-state index in [1.54, 1.807) is 26.6 Å². The van der Waals surface area contributed by atoms with Crippen LogP contribution in [0.2, 0.25) is 0 Å². The van der Waals surface area contributed by atoms with E-state index in [2.05, 4.69) is 28.1 Å². The smallest absolute Gasteiger partial charge is 0.225 e. The van der Waals surface area contributed by atoms with Gasteiger partial charge in [0, 0.05) is 31.0 Å². The molecule has 1 aliphatic rings. The molecule has 2 heterocycles. The normalized spacial score (nSPS) is 18.4. The second-order valence-corrected chi connectivity index (χ2v) is 8.40. The summed E-state index contributed by atoms with van der Waals surface area (Å²) in [5.41, 5.74) is 9.73. The predicted molar refractivity (Wildman–Crippen MR) is 124 cm³/mol. The molecular formula is C26H29N3O3. The molecule has 1 aromatic heterocycles. The van der Waals surface area contributed by atoms with Crippen LogP contribution in [0.5, 0.6) is 11.5 Å². The zero-order chi connectivity index (χ0) is 22.6. The lowest BCUT2D eigenvalue weighted by molar-refractivity contribution is -0.127. The summed E-state index contributed by atoms with van der Waals surface area (Å²) in [7, 11) is 3.32. The Bertz CT molecular complexity index is 1090. The monoisotopic (exact) mass is 431 g/mol. The maximum absolute atomic E-state index is 12.6. The summed E-state index contributed by atoms with van der Waals surface area (Å²) in [5.74, 6) is 1.36. The van der Waals surface area contributed by atoms with E-state index >= 15 is 0 Å². The van der Waals surface area contributed by atoms with Crippen LogP contribution in [-0.4, -0.2) is 43.1 Å². The highest BCUT2D eigenvalue weighted by molar-refractivity contribution is 5.82. The van der Waals surface area contributed by atoms with Gasteiger partial charge in [-0.25, -0.2) is 0 Å². The number of hydrogen-bond acceptors (Lipinski definition) is 5. The average molecular weight is 432 g/mol. The van der Waals surface area contributed by atoms with Gasteiger partial charge >= 0.3 is 0 Å². The van der Waals surface area contributed by atoms with E-state index in [4.69, 9.17) is 15.2 Å². The number of rotatable bonds is 8. The molecule has 0 spiro atoms. The van der Waals surface area contributed by atoms with Crippen LogP contribution in [0.15, 0.2) is 67.0 Å². The molecule has 4 rings (SSSR count). The molecule has 1 aliphatic heterocycles. The quantitative estimate of drug-likeness (QED) is 0.589. The Hall–Kier alpha value is -3.38. The molecule has 32 heavy (non-hydrogen) atoms. The first-order chi connectivity index (χ1) is 15.5. The Labute approximate surface area is 189 Å². The third-order valence-electron chi connectivity index (χ3n) is 6.32. The molecule has 0 saturated carbocycles. The molecule has 0 aliphatic carbocycles. The Morgan fingerprint density at radius 3 is 2.59 bits per heavy atom. The number of nitrogens with two attached hydrogens (primary N) is 1. The van der Waals surface area contributed by atoms with E-state index in [1.165, 1.54) is 0 Å². The zero-order valence-corrected chi connectivity index (χ0v) is 18.6. The van der Waals surface area contributed by atoms with Gasteiger partial charge in [0.1, 0.15) is 11.5 Å². The molecule has 6 heteroatoms. The van der Waals surface area contributed by atoms with E-state index in [0.717, 1.165) is 46.7 Å². The number of benzene rings is 2. The molecular weight excluding hydrogens is 402 g/mol. The number of carbonyl (C=O) groups is 1. The van der Waals surface area contributed by atoms with E-state index in [-0.39, 0.29) is 5.91 Å². The van der Waals surface area contributed by atoms with E-state index in [0.29, 0.717) is 19.5 Å². The van der Waals surface area contributed by atoms with Crippen molar-refractivity contribution in [1.29, 1.82) is 0 Å². The van der Waals surface area contributed by atoms with E-state index < -0.39 is 5.41 Å². The average Bonchev–Trinajstić information content (AvgIpc) is 3.23. The van der Waals surface area contributed by atoms with E-state index in [9.17, 15) is 4.79 Å². The van der Waals surface area contributed by atoms with Gasteiger partial charge in [0.25, 0.3) is 0 Å². The number of likely N-dealkylation sites (tertiary alicyclic amines) is 1. The summed E-state index contributed by atoms with van der Waals surface area (Å²) < 4.78 is 10.9. The number of methoxy groups -OCH3 is 2. The van der Waals surface area contributed by atoms with Gasteiger partial charge in [-0.3, -0.25) is 14.7 Å². The lowest BCUT2D eigenvalue weighted by atomic mass is 9.79. The van der Waals surface area contributed by atoms with Gasteiger partial charge in [0.05, 0.1) is 19.6 Å². The third kappa shape index (κ3) is 4.60. The van der Waals surface area contributed by atoms with Crippen molar-refractivity contribution in [2.45, 2.75) is 19.4 Å². The minimum absolute atomic E-state index is 0.244. The lowest BCUT2D eigenvalue weighted by Crippen LogP contribution is -2.41. The lowest BCUT2D eigenvalue weighted by Gasteiger charge is -2.27. The van der Waals surface area contributed by atoms with Gasteiger partial charge in [0.2, 0.25) is 5.91 Å². The fraction of sp³-hybridized carbons (Fsp3) is 0.308. The fourth-order valence-electron chi connectivity index (χ4n) is 4.57. The third-order valence-corrected chi connectivity index (χ3v) is 6.32. The van der Waals surface area contributed by atoms with Gasteiger partial charge in [0.15, 0.2) is 0 Å². The largest absolute Gasteiger partial charge is 0.497 e. The standard InChI is InChI=1S/C26H29N3O3/c1-31-23-6-7-24(32-2)22(15-23)17-29-13-10-26(18-29,25(27)30)16-19-4-3-5-21(14-19)20-8-11-28-12-9-20/h3-9,11-12,14-15H,10,13,16-18H2,1-2H3,(H2,27,30)/t26-/m0/s1. The number of ether oxygens (including phenoxy) is 2. The fourth-order valence-corrected chi connectivity index (χ4v) is 4.57. The number of aromatic nitrogens is 1. The van der Waals surface area contributed by atoms with Crippen LogP contribution in [0.1, 0.15) is 17.5 Å². The van der Waals surface area contributed by atoms with Gasteiger partial charge in [-0.1, -0.05) is 24.3 Å². The van der Waals surface area contributed by atoms with Crippen LogP contribution in [0.25, 0.3) is 11.1 Å². The van der Waals surface area contributed by atoms with Crippen LogP contribution >= 0.6 is 0 Å². The minimum atomic E-state index is -0.594. The maximum Gasteiger partial charge on any atom is 0.225 e. The van der Waals surface area contributed by atoms with Crippen molar-refractivity contribution >= 4 is 5.91 Å². The van der Waals surface area contributed by atoms with Crippen molar-refractivity contribution in [3.05, 3.63) is 78.1 Å². The highest BCUT2D eigenvalue weighted by Crippen LogP contribution is 2.37. The van der Waals surface area contributed by atoms with Crippen LogP contribution < -0.4 is 15.2 Å². The summed E-state index contributed by atoms with van der Waals surface area (Å²) in [6.45, 7) is 2.09. The number of pyridine rings is 1. The molecule has 0 unspecified atom stereocenters. The van der Waals surface area contributed by atoms with Crippen molar-refractivity contribution in [3.8, 4) is 22.6 Å². The van der Waals surface area contributed by atoms with Crippen LogP contribution in [0, 0.1) is 5.41 Å². The molecule has 1 saturated heterocycles. The second-order valence-electron chi connectivity index (χ2n) is 8.40. The Morgan fingerprint density at radius 1 is 1.06 bits per heavy atom. The van der Waals surface area contributed by atoms with E-state index in [1.807, 2.05) is 36.4 Å². The molecule has 166 valence electrons. The SMILES string of the molecule is COc1ccc(OC)c(CN2CC[C@@](Cc3cccc(-c4ccncc4)c3)(C(N)=O)C2)c1. The van der Waals surface area contributed by atoms with Crippen molar-refractivity contribution < 1.29 is 14.3 Å². The maximum atomic E-state index is 12.6. The number of primary amides is 1. The van der Waals surface area contributed by atoms with Crippen molar-refractivity contribution in [2.24, 2.45) is 11.1 Å². The van der Waals surface area contributed by atoms with Crippen molar-refractivity contribution in [2.75, 3.05) is 27.3 Å². The topological polar surface area (TPSA) is 77.7 Å². The summed E-state index contributed by atoms with van der Waals surface area (Å²) in [5, 5.41) is 0. The number of amides is 1. The predicted octanol–water partition coefficient (Wildman–Crippen LogP) is 3.69. The number of carbonyl (C=O) groups excluding carboxylic acids is 1. The first kappa shape index (κ1) is 21.8. The summed E-state index contributed by atoms with van der Waals surface area (Å²) in [6.07, 6.45) is 4.92. The minimum Gasteiger partial charge on any atom is -0.497 e. The molecule has 6 nitrogen and oxygen atoms in total. The molecule has 0 radical (unpaired) electrons. The zero-order valence-electron chi connectivity index (χ0n) is 18.6. The van der Waals surface area contributed by atoms with Crippen molar-refractivity contribution in [3.63, 3.8) is 0 Å². The van der Waals surface area contributed by atoms with Gasteiger partial charge in [-0.15, -0.1) is 0 Å². The van der Waals surface area contributed by atoms with Gasteiger partial charge < -0.3 is 15.2 Å². The summed E-state index contributed by atoms with van der Waals surface area (Å²) in [4.78, 5) is 19.0. The number of hydrogen-bond donors (Lipinski definition) is 1. The van der Waals surface area contributed by atoms with Crippen LogP contribution in [0.4, 0.5) is 0 Å². The van der Waals surface area contributed by atoms with Crippen LogP contribution in [0.3, 0.4) is 0 Å². The molecule has 1 atom stereocenters. The van der Waals surface area contributed by atoms with Gasteiger partial charge in [-0.05, 0) is 66.4 Å². The molecule has 1 fully saturated rings. The number of nitrogens with zero attached hydrogens (tertiary/aromatic N) is 2. The van der Waals surface area contributed by atoms with Crippen molar-refractivity contribution in [1.82, 2.24) is 9.88 Å². The molecule has 0 bridgehead atoms. The first-order valence-corrected chi connectivity index (χ1v) is 10.8. The molecule has 1 amide bonds. The highest BCUT2D eigenvalue weighted by Gasteiger charge is 2.43. The second kappa shape index (κ2) is 9.40. The Morgan fingerprint density at radius 2 is 1.88 bits per heavy atom. The summed E-state index contributed by atoms with van der Waals surface area (Å²) >= 11 is 0. The molecule has 2 N–H and O–H groups in total. The highest BCUT2D eigenvalue weighted by atomic mass is 16.5. The Kier molecular flexibility index (Phi) is 6.42. The first-order valence-electron chi connectivity index (χ1n) is 10.8. The molecule has 3 aromatic rings. The molecule has 2 aromatic carbocycles. The Balaban J connectivity index is 1.53. The van der Waals surface area contributed by atoms with Gasteiger partial charge in [-0.2, -0.15) is 0 Å². The van der Waals surface area contributed by atoms with Crippen LogP contribution in [-0.2, 0) is 17.8 Å². The summed E-state index contributed by atoms with van der Waals surface area (Å²) in [6, 6.07) is 18.1.